The van der Waals surface area contributed by atoms with Crippen molar-refractivity contribution < 1.29 is 105 Å². The molecule has 0 aliphatic carbocycles. The number of nitrogen functional groups attached to an aromatic ring is 1. The Labute approximate surface area is 444 Å². The summed E-state index contributed by atoms with van der Waals surface area (Å²) >= 11 is 0. The van der Waals surface area contributed by atoms with Gasteiger partial charge in [0.25, 0.3) is 0 Å². The second-order valence-electron chi connectivity index (χ2n) is 14.8. The first-order valence-electron chi connectivity index (χ1n) is 21.0. The Bertz CT molecular complexity index is 2860. The van der Waals surface area contributed by atoms with Crippen LogP contribution in [0.4, 0.5) is 40.9 Å². The average molecular weight is 1000 g/mol. The second-order valence-corrected chi connectivity index (χ2v) is 17.5. The van der Waals surface area contributed by atoms with Crippen molar-refractivity contribution in [3.63, 3.8) is 0 Å². The predicted molar refractivity (Wildman–Crippen MR) is 250 cm³/mol. The number of rotatable bonds is 24. The van der Waals surface area contributed by atoms with E-state index in [-0.39, 0.29) is 162 Å². The molecule has 0 amide bonds. The van der Waals surface area contributed by atoms with Crippen molar-refractivity contribution in [2.75, 3.05) is 78.8 Å². The minimum absolute atomic E-state index is 0. The zero-order valence-electron chi connectivity index (χ0n) is 38.0. The number of hydrogen-bond acceptors (Lipinski definition) is 21. The minimum Gasteiger partial charge on any atom is -0.744 e. The van der Waals surface area contributed by atoms with E-state index < -0.39 is 30.0 Å². The van der Waals surface area contributed by atoms with Crippen LogP contribution < -0.4 is 85.3 Å². The maximum Gasteiger partial charge on any atom is 1.00 e. The number of nitrogens with one attached hydrogen (secondary N) is 2. The Hall–Kier alpha value is -4.70. The van der Waals surface area contributed by atoms with E-state index >= 15 is 0 Å². The maximum absolute atomic E-state index is 12.9. The Morgan fingerprint density at radius 1 is 0.536 bits per heavy atom. The van der Waals surface area contributed by atoms with Gasteiger partial charge in [-0.25, -0.2) is 16.8 Å². The standard InChI is InChI=1S/C44H51N11O10S2.2Na/c45-36-27-32(40-49-42(47-34-13-5-2-6-14-34)53-44(51-40)55(21-9-25-58)22-10-26-59)29-38(67(63,64)65)35(36)18-17-30-15-16-31(28-37(30)66(60,61)62)39-48-41(46-33-11-3-1-4-12-33)52-43(50-39)54(19-7-23-56)20-8-24-57;;/h1-6,11-18,27-29,56-59H,7-10,19-26,45H2,(H,60,61,62)(H,63,64,65)(H,46,48,50,52)(H,47,49,51,53);;/q;2*+1/p-2. The number of nitrogens with zero attached hydrogens (tertiary/aromatic N) is 8. The Morgan fingerprint density at radius 2 is 0.957 bits per heavy atom. The van der Waals surface area contributed by atoms with Crippen LogP contribution in [0, 0.1) is 0 Å². The van der Waals surface area contributed by atoms with Crippen molar-refractivity contribution in [3.8, 4) is 22.8 Å². The van der Waals surface area contributed by atoms with Gasteiger partial charge in [-0.3, -0.25) is 0 Å². The van der Waals surface area contributed by atoms with Crippen LogP contribution in [0.2, 0.25) is 0 Å². The van der Waals surface area contributed by atoms with Gasteiger partial charge >= 0.3 is 59.1 Å². The first-order chi connectivity index (χ1) is 32.2. The molecule has 0 aliphatic rings. The summed E-state index contributed by atoms with van der Waals surface area (Å²) in [6, 6.07) is 24.0. The van der Waals surface area contributed by atoms with Gasteiger partial charge in [-0.05, 0) is 73.7 Å². The summed E-state index contributed by atoms with van der Waals surface area (Å²) in [4.78, 5) is 29.1. The van der Waals surface area contributed by atoms with Gasteiger partial charge in [0.1, 0.15) is 20.2 Å². The number of aromatic nitrogens is 6. The molecule has 4 aromatic carbocycles. The van der Waals surface area contributed by atoms with Gasteiger partial charge in [0.2, 0.25) is 23.8 Å². The van der Waals surface area contributed by atoms with E-state index in [1.807, 2.05) is 12.1 Å². The number of para-hydroxylation sites is 2. The van der Waals surface area contributed by atoms with Crippen LogP contribution in [0.25, 0.3) is 34.9 Å². The summed E-state index contributed by atoms with van der Waals surface area (Å²) in [5.41, 5.74) is 7.03. The molecule has 0 fully saturated rings. The van der Waals surface area contributed by atoms with Crippen LogP contribution in [0.15, 0.2) is 101 Å². The second kappa shape index (κ2) is 27.1. The molecule has 69 heavy (non-hydrogen) atoms. The molecule has 0 atom stereocenters. The zero-order valence-corrected chi connectivity index (χ0v) is 43.6. The van der Waals surface area contributed by atoms with Crippen molar-refractivity contribution in [1.82, 2.24) is 29.9 Å². The number of aliphatic hydroxyl groups excluding tert-OH is 4. The summed E-state index contributed by atoms with van der Waals surface area (Å²) < 4.78 is 77.3. The molecule has 8 N–H and O–H groups in total. The molecular formula is C44H49N11Na2O10S2. The maximum atomic E-state index is 12.9. The van der Waals surface area contributed by atoms with E-state index in [0.717, 1.165) is 24.3 Å². The topological polar surface area (TPSA) is 329 Å². The summed E-state index contributed by atoms with van der Waals surface area (Å²) in [7, 11) is -10.5. The van der Waals surface area contributed by atoms with Crippen molar-refractivity contribution in [2.45, 2.75) is 35.5 Å². The number of hydrogen-bond donors (Lipinski definition) is 7. The molecule has 6 rings (SSSR count). The van der Waals surface area contributed by atoms with Crippen LogP contribution in [0.3, 0.4) is 0 Å². The molecule has 2 heterocycles. The van der Waals surface area contributed by atoms with Crippen LogP contribution in [-0.2, 0) is 20.2 Å². The Morgan fingerprint density at radius 3 is 1.38 bits per heavy atom. The summed E-state index contributed by atoms with van der Waals surface area (Å²) in [5.74, 6) is 0.261. The Kier molecular flexibility index (Phi) is 22.3. The van der Waals surface area contributed by atoms with E-state index in [4.69, 9.17) is 5.73 Å². The molecule has 0 saturated heterocycles. The molecule has 6 aromatic rings. The van der Waals surface area contributed by atoms with Gasteiger partial charge in [-0.2, -0.15) is 29.9 Å². The summed E-state index contributed by atoms with van der Waals surface area (Å²) in [6.07, 6.45) is 3.59. The summed E-state index contributed by atoms with van der Waals surface area (Å²) in [6.45, 7) is 0.638. The number of nitrogens with two attached hydrogens (primary N) is 1. The van der Waals surface area contributed by atoms with Crippen molar-refractivity contribution in [1.29, 1.82) is 0 Å². The third-order valence-electron chi connectivity index (χ3n) is 9.89. The van der Waals surface area contributed by atoms with Crippen LogP contribution in [0.5, 0.6) is 0 Å². The Balaban J connectivity index is 0.00000518. The van der Waals surface area contributed by atoms with Gasteiger partial charge in [0.05, 0.1) is 9.79 Å². The molecule has 21 nitrogen and oxygen atoms in total. The molecular weight excluding hydrogens is 953 g/mol. The van der Waals surface area contributed by atoms with Crippen LogP contribution in [-0.4, -0.2) is 129 Å². The first-order valence-corrected chi connectivity index (χ1v) is 23.8. The average Bonchev–Trinajstić information content (AvgIpc) is 3.31. The molecule has 0 unspecified atom stereocenters. The predicted octanol–water partition coefficient (Wildman–Crippen LogP) is -2.41. The third-order valence-corrected chi connectivity index (χ3v) is 11.7. The van der Waals surface area contributed by atoms with Gasteiger partial charge in [-0.1, -0.05) is 60.7 Å². The van der Waals surface area contributed by atoms with Crippen molar-refractivity contribution >= 4 is 73.2 Å². The molecule has 0 aliphatic heterocycles. The number of benzene rings is 4. The molecule has 2 aromatic heterocycles. The van der Waals surface area contributed by atoms with Gasteiger partial charge < -0.3 is 55.7 Å². The zero-order chi connectivity index (χ0) is 48.0. The van der Waals surface area contributed by atoms with Crippen molar-refractivity contribution in [3.05, 3.63) is 102 Å². The number of anilines is 7. The van der Waals surface area contributed by atoms with E-state index in [2.05, 4.69) is 40.5 Å². The molecule has 354 valence electrons. The fourth-order valence-corrected chi connectivity index (χ4v) is 8.14. The number of aliphatic hydroxyl groups is 4. The smallest absolute Gasteiger partial charge is 0.744 e. The molecule has 25 heteroatoms. The molecule has 0 saturated carbocycles. The van der Waals surface area contributed by atoms with Crippen LogP contribution >= 0.6 is 0 Å². The largest absolute Gasteiger partial charge is 1.00 e. The SMILES string of the molecule is Nc1cc(-c2nc(Nc3ccccc3)nc(N(CCCO)CCCO)n2)cc(S(=O)(=O)[O-])c1C=Cc1ccc(-c2nc(Nc3ccccc3)nc(N(CCCO)CCCO)n2)cc1S(=O)(=O)[O-].[Na+].[Na+]. The normalized spacial score (nSPS) is 11.4. The molecule has 0 radical (unpaired) electrons. The minimum atomic E-state index is -5.31. The molecule has 0 bridgehead atoms. The fraction of sp³-hybridized carbons (Fsp3) is 0.273. The summed E-state index contributed by atoms with van der Waals surface area (Å²) in [5, 5.41) is 44.4. The van der Waals surface area contributed by atoms with E-state index in [0.29, 0.717) is 50.1 Å². The van der Waals surface area contributed by atoms with Crippen molar-refractivity contribution in [2.24, 2.45) is 0 Å². The fourth-order valence-electron chi connectivity index (χ4n) is 6.72. The quantitative estimate of drug-likeness (QED) is 0.0144. The first kappa shape index (κ1) is 56.9. The monoisotopic (exact) mass is 1000 g/mol. The van der Waals surface area contributed by atoms with Gasteiger partial charge in [-0.15, -0.1) is 0 Å². The van der Waals surface area contributed by atoms with E-state index in [1.165, 1.54) is 18.2 Å². The van der Waals surface area contributed by atoms with E-state index in [1.54, 1.807) is 58.3 Å². The van der Waals surface area contributed by atoms with E-state index in [9.17, 15) is 46.4 Å². The van der Waals surface area contributed by atoms with Gasteiger partial charge in [0, 0.05) is 86.4 Å². The van der Waals surface area contributed by atoms with Crippen LogP contribution in [0.1, 0.15) is 36.8 Å². The molecule has 0 spiro atoms. The third kappa shape index (κ3) is 16.2. The van der Waals surface area contributed by atoms with Gasteiger partial charge in [0.15, 0.2) is 11.6 Å².